The van der Waals surface area contributed by atoms with Gasteiger partial charge in [0.15, 0.2) is 0 Å². The van der Waals surface area contributed by atoms with Crippen LogP contribution in [0.1, 0.15) is 56.2 Å². The first-order valence-electron chi connectivity index (χ1n) is 7.80. The van der Waals surface area contributed by atoms with E-state index in [4.69, 9.17) is 4.74 Å². The molecule has 0 saturated heterocycles. The number of carbonyl (C=O) groups excluding carboxylic acids is 1. The maximum atomic E-state index is 14.1. The summed E-state index contributed by atoms with van der Waals surface area (Å²) in [6, 6.07) is 4.40. The molecule has 1 aromatic carbocycles. The number of benzene rings is 1. The number of carbonyl (C=O) groups is 1. The Kier molecular flexibility index (Phi) is 5.74. The van der Waals surface area contributed by atoms with Gasteiger partial charge in [0.05, 0.1) is 6.61 Å². The van der Waals surface area contributed by atoms with Crippen molar-refractivity contribution in [1.29, 1.82) is 0 Å². The molecule has 1 atom stereocenters. The molecule has 0 heterocycles. The van der Waals surface area contributed by atoms with E-state index in [1.807, 2.05) is 6.92 Å². The molecule has 0 aliphatic heterocycles. The highest BCUT2D eigenvalue weighted by molar-refractivity contribution is 5.77. The highest BCUT2D eigenvalue weighted by Gasteiger charge is 2.28. The fourth-order valence-corrected chi connectivity index (χ4v) is 2.90. The fraction of sp³-hybridized carbons (Fsp3) is 0.588. The van der Waals surface area contributed by atoms with Crippen LogP contribution in [0.15, 0.2) is 18.2 Å². The largest absolute Gasteiger partial charge is 0.465 e. The minimum Gasteiger partial charge on any atom is -0.465 e. The minimum atomic E-state index is -0.715. The molecule has 0 amide bonds. The molecule has 1 aliphatic rings. The average Bonchev–Trinajstić information content (AvgIpc) is 2.49. The van der Waals surface area contributed by atoms with Crippen LogP contribution in [0, 0.1) is 12.7 Å². The molecular weight excluding hydrogens is 269 g/mol. The Morgan fingerprint density at radius 3 is 2.76 bits per heavy atom. The Morgan fingerprint density at radius 2 is 2.10 bits per heavy atom. The molecule has 3 nitrogen and oxygen atoms in total. The summed E-state index contributed by atoms with van der Waals surface area (Å²) in [5.41, 5.74) is 1.32. The lowest BCUT2D eigenvalue weighted by Gasteiger charge is -2.28. The third kappa shape index (κ3) is 4.27. The van der Waals surface area contributed by atoms with Crippen molar-refractivity contribution in [3.63, 3.8) is 0 Å². The summed E-state index contributed by atoms with van der Waals surface area (Å²) < 4.78 is 19.3. The lowest BCUT2D eigenvalue weighted by molar-refractivity contribution is -0.146. The summed E-state index contributed by atoms with van der Waals surface area (Å²) >= 11 is 0. The maximum Gasteiger partial charge on any atom is 0.327 e. The summed E-state index contributed by atoms with van der Waals surface area (Å²) in [5.74, 6) is -0.755. The van der Waals surface area contributed by atoms with Crippen molar-refractivity contribution in [1.82, 2.24) is 5.32 Å². The van der Waals surface area contributed by atoms with Crippen LogP contribution in [0.2, 0.25) is 0 Å². The third-order valence-electron chi connectivity index (χ3n) is 3.99. The summed E-state index contributed by atoms with van der Waals surface area (Å²) in [7, 11) is 0. The zero-order valence-corrected chi connectivity index (χ0v) is 12.8. The van der Waals surface area contributed by atoms with Gasteiger partial charge in [0.1, 0.15) is 11.9 Å². The third-order valence-corrected chi connectivity index (χ3v) is 3.99. The second-order valence-corrected chi connectivity index (χ2v) is 5.71. The Bertz CT molecular complexity index is 484. The molecule has 0 radical (unpaired) electrons. The van der Waals surface area contributed by atoms with Crippen molar-refractivity contribution in [3.8, 4) is 0 Å². The fourth-order valence-electron chi connectivity index (χ4n) is 2.90. The summed E-state index contributed by atoms with van der Waals surface area (Å²) in [5, 5.41) is 3.31. The van der Waals surface area contributed by atoms with E-state index in [0.29, 0.717) is 12.2 Å². The van der Waals surface area contributed by atoms with E-state index in [-0.39, 0.29) is 11.9 Å². The molecule has 1 unspecified atom stereocenters. The van der Waals surface area contributed by atoms with Gasteiger partial charge in [-0.15, -0.1) is 0 Å². The number of aryl methyl sites for hydroxylation is 1. The maximum absolute atomic E-state index is 14.1. The van der Waals surface area contributed by atoms with Crippen LogP contribution < -0.4 is 5.32 Å². The van der Waals surface area contributed by atoms with E-state index in [1.54, 1.807) is 19.1 Å². The summed E-state index contributed by atoms with van der Waals surface area (Å²) in [6.45, 7) is 3.96. The zero-order valence-electron chi connectivity index (χ0n) is 12.8. The van der Waals surface area contributed by atoms with Gasteiger partial charge < -0.3 is 4.74 Å². The zero-order chi connectivity index (χ0) is 15.2. The highest BCUT2D eigenvalue weighted by Crippen LogP contribution is 2.25. The van der Waals surface area contributed by atoms with E-state index >= 15 is 0 Å². The van der Waals surface area contributed by atoms with Crippen LogP contribution in [0.5, 0.6) is 0 Å². The molecule has 0 bridgehead atoms. The number of esters is 1. The number of hydrogen-bond donors (Lipinski definition) is 1. The van der Waals surface area contributed by atoms with Crippen molar-refractivity contribution in [2.45, 2.75) is 58.0 Å². The molecular formula is C17H24FNO2. The number of rotatable bonds is 5. The van der Waals surface area contributed by atoms with Crippen LogP contribution in [-0.2, 0) is 9.53 Å². The molecule has 1 fully saturated rings. The summed E-state index contributed by atoms with van der Waals surface area (Å²) in [4.78, 5) is 12.2. The van der Waals surface area contributed by atoms with Gasteiger partial charge >= 0.3 is 5.97 Å². The number of nitrogens with one attached hydrogen (secondary N) is 1. The van der Waals surface area contributed by atoms with Crippen LogP contribution in [-0.4, -0.2) is 18.6 Å². The Hall–Kier alpha value is -1.42. The Balaban J connectivity index is 2.22. The van der Waals surface area contributed by atoms with Gasteiger partial charge in [-0.2, -0.15) is 0 Å². The molecule has 1 aromatic rings. The lowest BCUT2D eigenvalue weighted by Crippen LogP contribution is -2.39. The van der Waals surface area contributed by atoms with Gasteiger partial charge in [0.25, 0.3) is 0 Å². The van der Waals surface area contributed by atoms with E-state index in [2.05, 4.69) is 5.32 Å². The highest BCUT2D eigenvalue weighted by atomic mass is 19.1. The second-order valence-electron chi connectivity index (χ2n) is 5.71. The summed E-state index contributed by atoms with van der Waals surface area (Å²) in [6.07, 6.45) is 5.61. The topological polar surface area (TPSA) is 38.3 Å². The predicted octanol–water partition coefficient (Wildman–Crippen LogP) is 3.66. The molecule has 4 heteroatoms. The quantitative estimate of drug-likeness (QED) is 0.842. The number of halogens is 1. The SMILES string of the molecule is CCOC(=O)C(NC1CCCCC1)c1cc(C)ccc1F. The van der Waals surface area contributed by atoms with Gasteiger partial charge in [0, 0.05) is 11.6 Å². The van der Waals surface area contributed by atoms with Gasteiger partial charge in [0.2, 0.25) is 0 Å². The van der Waals surface area contributed by atoms with Crippen molar-refractivity contribution in [3.05, 3.63) is 35.1 Å². The predicted molar refractivity (Wildman–Crippen MR) is 80.5 cm³/mol. The van der Waals surface area contributed by atoms with Gasteiger partial charge in [-0.25, -0.2) is 9.18 Å². The van der Waals surface area contributed by atoms with Crippen LogP contribution in [0.4, 0.5) is 4.39 Å². The molecule has 1 N–H and O–H groups in total. The smallest absolute Gasteiger partial charge is 0.327 e. The van der Waals surface area contributed by atoms with E-state index in [1.165, 1.54) is 12.5 Å². The van der Waals surface area contributed by atoms with E-state index < -0.39 is 12.0 Å². The minimum absolute atomic E-state index is 0.257. The van der Waals surface area contributed by atoms with Crippen molar-refractivity contribution in [2.24, 2.45) is 0 Å². The average molecular weight is 293 g/mol. The first kappa shape index (κ1) is 16.0. The van der Waals surface area contributed by atoms with Crippen LogP contribution in [0.3, 0.4) is 0 Å². The molecule has 1 saturated carbocycles. The molecule has 1 aliphatic carbocycles. The van der Waals surface area contributed by atoms with Gasteiger partial charge in [-0.05, 0) is 32.8 Å². The van der Waals surface area contributed by atoms with Crippen molar-refractivity contribution >= 4 is 5.97 Å². The number of ether oxygens (including phenoxy) is 1. The van der Waals surface area contributed by atoms with Crippen LogP contribution in [0.25, 0.3) is 0 Å². The first-order chi connectivity index (χ1) is 10.1. The molecule has 0 spiro atoms. The van der Waals surface area contributed by atoms with Crippen LogP contribution >= 0.6 is 0 Å². The number of hydrogen-bond acceptors (Lipinski definition) is 3. The van der Waals surface area contributed by atoms with Gasteiger partial charge in [-0.3, -0.25) is 5.32 Å². The van der Waals surface area contributed by atoms with E-state index in [9.17, 15) is 9.18 Å². The normalized spacial score (nSPS) is 17.5. The molecule has 0 aromatic heterocycles. The Morgan fingerprint density at radius 1 is 1.38 bits per heavy atom. The second kappa shape index (κ2) is 7.55. The molecule has 116 valence electrons. The van der Waals surface area contributed by atoms with E-state index in [0.717, 1.165) is 31.2 Å². The standard InChI is InChI=1S/C17H24FNO2/c1-3-21-17(20)16(19-13-7-5-4-6-8-13)14-11-12(2)9-10-15(14)18/h9-11,13,16,19H,3-8H2,1-2H3. The first-order valence-corrected chi connectivity index (χ1v) is 7.80. The van der Waals surface area contributed by atoms with Gasteiger partial charge in [-0.1, -0.05) is 37.0 Å². The Labute approximate surface area is 125 Å². The van der Waals surface area contributed by atoms with Crippen molar-refractivity contribution in [2.75, 3.05) is 6.61 Å². The lowest BCUT2D eigenvalue weighted by atomic mass is 9.93. The molecule has 21 heavy (non-hydrogen) atoms. The molecule has 2 rings (SSSR count). The monoisotopic (exact) mass is 293 g/mol. The van der Waals surface area contributed by atoms with Crippen molar-refractivity contribution < 1.29 is 13.9 Å².